The van der Waals surface area contributed by atoms with Crippen molar-refractivity contribution in [2.24, 2.45) is 17.8 Å². The molecule has 0 bridgehead atoms. The molecule has 37 heavy (non-hydrogen) atoms. The largest absolute Gasteiger partial charge is 0.476 e. The molecule has 4 rings (SSSR count). The first-order valence-electron chi connectivity index (χ1n) is 12.9. The summed E-state index contributed by atoms with van der Waals surface area (Å²) in [5.41, 5.74) is 0.934. The van der Waals surface area contributed by atoms with E-state index in [9.17, 15) is 19.8 Å². The van der Waals surface area contributed by atoms with Gasteiger partial charge in [-0.1, -0.05) is 61.3 Å². The maximum absolute atomic E-state index is 13.3. The molecule has 1 fully saturated rings. The monoisotopic (exact) mass is 552 g/mol. The maximum atomic E-state index is 13.3. The third kappa shape index (κ3) is 6.69. The second-order valence-corrected chi connectivity index (χ2v) is 11.0. The van der Waals surface area contributed by atoms with Gasteiger partial charge in [-0.25, -0.2) is 4.79 Å². The molecule has 1 aliphatic heterocycles. The van der Waals surface area contributed by atoms with E-state index < -0.39 is 30.4 Å². The van der Waals surface area contributed by atoms with Gasteiger partial charge in [0.05, 0.1) is 28.7 Å². The topological polar surface area (TPSA) is 102 Å². The standard InChI is InChI=1S/C28H34Cl2O7/c1-3-23(36-27-21(29)5-4-6-22(27)30)28(34)37-24-13-17(31)11-16-8-7-15(2)20(26(16)24)10-9-19-12-18(32)14-25(33)35-19/h4-8,11,15,17-20,23-24,26,31-32H,3,9-10,12-14H2,1-2H3/t15?,17?,18-,19-,20?,23+,24?,26?/m1/s1. The average molecular weight is 553 g/mol. The van der Waals surface area contributed by atoms with Crippen LogP contribution in [0.3, 0.4) is 0 Å². The molecule has 0 radical (unpaired) electrons. The lowest BCUT2D eigenvalue weighted by molar-refractivity contribution is -0.165. The maximum Gasteiger partial charge on any atom is 0.347 e. The Bertz CT molecular complexity index is 1030. The fourth-order valence-electron chi connectivity index (χ4n) is 5.66. The number of rotatable bonds is 8. The highest BCUT2D eigenvalue weighted by molar-refractivity contribution is 6.37. The third-order valence-electron chi connectivity index (χ3n) is 7.51. The second kappa shape index (κ2) is 12.2. The van der Waals surface area contributed by atoms with Gasteiger partial charge in [-0.3, -0.25) is 4.79 Å². The van der Waals surface area contributed by atoms with Crippen molar-refractivity contribution in [2.75, 3.05) is 0 Å². The minimum Gasteiger partial charge on any atom is -0.476 e. The van der Waals surface area contributed by atoms with Crippen molar-refractivity contribution in [3.05, 3.63) is 52.0 Å². The predicted octanol–water partition coefficient (Wildman–Crippen LogP) is 5.04. The summed E-state index contributed by atoms with van der Waals surface area (Å²) in [6.07, 6.45) is 5.09. The molecule has 1 saturated heterocycles. The van der Waals surface area contributed by atoms with Crippen LogP contribution < -0.4 is 4.74 Å². The van der Waals surface area contributed by atoms with Crippen LogP contribution in [0.4, 0.5) is 0 Å². The van der Waals surface area contributed by atoms with Crippen LogP contribution in [0.25, 0.3) is 0 Å². The molecule has 1 heterocycles. The van der Waals surface area contributed by atoms with Gasteiger partial charge < -0.3 is 24.4 Å². The van der Waals surface area contributed by atoms with Crippen LogP contribution in [0.1, 0.15) is 52.4 Å². The zero-order chi connectivity index (χ0) is 26.7. The van der Waals surface area contributed by atoms with Crippen molar-refractivity contribution in [1.29, 1.82) is 0 Å². The van der Waals surface area contributed by atoms with Gasteiger partial charge in [0.2, 0.25) is 0 Å². The SMILES string of the molecule is CC[C@H](Oc1c(Cl)cccc1Cl)C(=O)OC1CC(O)C=C2C=CC(C)C(CC[C@@H]3C[C@@H](O)CC(=O)O3)C21. The van der Waals surface area contributed by atoms with E-state index in [0.29, 0.717) is 35.7 Å². The Balaban J connectivity index is 1.49. The van der Waals surface area contributed by atoms with Crippen LogP contribution in [0, 0.1) is 17.8 Å². The molecule has 8 atom stereocenters. The van der Waals surface area contributed by atoms with Crippen molar-refractivity contribution in [1.82, 2.24) is 0 Å². The molecule has 2 aliphatic carbocycles. The molecular formula is C28H34Cl2O7. The van der Waals surface area contributed by atoms with Crippen molar-refractivity contribution >= 4 is 35.1 Å². The normalized spacial score (nSPS) is 32.1. The van der Waals surface area contributed by atoms with E-state index in [1.54, 1.807) is 18.2 Å². The number of para-hydroxylation sites is 1. The third-order valence-corrected chi connectivity index (χ3v) is 8.11. The van der Waals surface area contributed by atoms with Crippen molar-refractivity contribution < 1.29 is 34.0 Å². The summed E-state index contributed by atoms with van der Waals surface area (Å²) >= 11 is 12.5. The lowest BCUT2D eigenvalue weighted by Gasteiger charge is -2.43. The number of hydrogen-bond acceptors (Lipinski definition) is 7. The molecule has 202 valence electrons. The summed E-state index contributed by atoms with van der Waals surface area (Å²) < 4.78 is 17.4. The number of esters is 2. The quantitative estimate of drug-likeness (QED) is 0.435. The highest BCUT2D eigenvalue weighted by Gasteiger charge is 2.43. The van der Waals surface area contributed by atoms with E-state index in [1.807, 2.05) is 19.1 Å². The van der Waals surface area contributed by atoms with Gasteiger partial charge in [-0.2, -0.15) is 0 Å². The Morgan fingerprint density at radius 2 is 1.92 bits per heavy atom. The Labute approximate surface area is 227 Å². The Kier molecular flexibility index (Phi) is 9.22. The molecule has 0 spiro atoms. The van der Waals surface area contributed by atoms with E-state index in [2.05, 4.69) is 13.0 Å². The van der Waals surface area contributed by atoms with E-state index in [1.165, 1.54) is 0 Å². The number of ether oxygens (including phenoxy) is 3. The van der Waals surface area contributed by atoms with Crippen LogP contribution >= 0.6 is 23.2 Å². The summed E-state index contributed by atoms with van der Waals surface area (Å²) in [6.45, 7) is 3.92. The first kappa shape index (κ1) is 28.0. The van der Waals surface area contributed by atoms with Crippen molar-refractivity contribution in [2.45, 2.75) is 82.9 Å². The number of aliphatic hydroxyl groups is 2. The summed E-state index contributed by atoms with van der Waals surface area (Å²) in [4.78, 5) is 25.1. The fraction of sp³-hybridized carbons (Fsp3) is 0.571. The molecule has 1 aromatic rings. The summed E-state index contributed by atoms with van der Waals surface area (Å²) in [6, 6.07) is 4.97. The lowest BCUT2D eigenvalue weighted by Crippen LogP contribution is -2.44. The van der Waals surface area contributed by atoms with Crippen LogP contribution in [0.5, 0.6) is 5.75 Å². The van der Waals surface area contributed by atoms with Gasteiger partial charge in [-0.15, -0.1) is 0 Å². The van der Waals surface area contributed by atoms with Crippen LogP contribution in [-0.4, -0.2) is 52.7 Å². The summed E-state index contributed by atoms with van der Waals surface area (Å²) in [7, 11) is 0. The fourth-order valence-corrected chi connectivity index (χ4v) is 6.15. The molecule has 5 unspecified atom stereocenters. The Hall–Kier alpha value is -2.06. The number of carbonyl (C=O) groups is 2. The van der Waals surface area contributed by atoms with Gasteiger partial charge in [0, 0.05) is 18.8 Å². The van der Waals surface area contributed by atoms with Crippen LogP contribution in [0.2, 0.25) is 10.0 Å². The molecular weight excluding hydrogens is 519 g/mol. The zero-order valence-corrected chi connectivity index (χ0v) is 22.5. The minimum absolute atomic E-state index is 0.0323. The highest BCUT2D eigenvalue weighted by Crippen LogP contribution is 2.44. The number of allylic oxidation sites excluding steroid dienone is 2. The van der Waals surface area contributed by atoms with Crippen LogP contribution in [-0.2, 0) is 19.1 Å². The van der Waals surface area contributed by atoms with E-state index >= 15 is 0 Å². The van der Waals surface area contributed by atoms with Gasteiger partial charge in [0.1, 0.15) is 12.2 Å². The molecule has 7 nitrogen and oxygen atoms in total. The lowest BCUT2D eigenvalue weighted by atomic mass is 9.66. The van der Waals surface area contributed by atoms with Gasteiger partial charge in [-0.05, 0) is 48.8 Å². The zero-order valence-electron chi connectivity index (χ0n) is 21.0. The van der Waals surface area contributed by atoms with Gasteiger partial charge >= 0.3 is 11.9 Å². The number of carbonyl (C=O) groups excluding carboxylic acids is 2. The van der Waals surface area contributed by atoms with E-state index in [4.69, 9.17) is 37.4 Å². The number of aliphatic hydroxyl groups excluding tert-OH is 2. The highest BCUT2D eigenvalue weighted by atomic mass is 35.5. The predicted molar refractivity (Wildman–Crippen MR) is 139 cm³/mol. The molecule has 0 aromatic heterocycles. The molecule has 9 heteroatoms. The van der Waals surface area contributed by atoms with Crippen molar-refractivity contribution in [3.8, 4) is 5.75 Å². The first-order chi connectivity index (χ1) is 17.7. The van der Waals surface area contributed by atoms with Gasteiger partial charge in [0.15, 0.2) is 11.9 Å². The van der Waals surface area contributed by atoms with Gasteiger partial charge in [0.25, 0.3) is 0 Å². The molecule has 3 aliphatic rings. The van der Waals surface area contributed by atoms with E-state index in [-0.39, 0.29) is 48.4 Å². The van der Waals surface area contributed by atoms with E-state index in [0.717, 1.165) is 5.57 Å². The van der Waals surface area contributed by atoms with Crippen molar-refractivity contribution in [3.63, 3.8) is 0 Å². The number of hydrogen-bond donors (Lipinski definition) is 2. The molecule has 0 amide bonds. The first-order valence-corrected chi connectivity index (χ1v) is 13.7. The number of fused-ring (bicyclic) bond motifs is 1. The Morgan fingerprint density at radius 1 is 1.19 bits per heavy atom. The number of halogens is 2. The average Bonchev–Trinajstić information content (AvgIpc) is 2.82. The summed E-state index contributed by atoms with van der Waals surface area (Å²) in [5, 5.41) is 21.1. The minimum atomic E-state index is -0.915. The molecule has 0 saturated carbocycles. The van der Waals surface area contributed by atoms with Crippen LogP contribution in [0.15, 0.2) is 42.0 Å². The second-order valence-electron chi connectivity index (χ2n) is 10.2. The molecule has 2 N–H and O–H groups in total. The summed E-state index contributed by atoms with van der Waals surface area (Å²) in [5.74, 6) is -0.533. The molecule has 1 aromatic carbocycles. The number of cyclic esters (lactones) is 1. The smallest absolute Gasteiger partial charge is 0.347 e. The number of benzene rings is 1. The Morgan fingerprint density at radius 3 is 2.59 bits per heavy atom.